The summed E-state index contributed by atoms with van der Waals surface area (Å²) in [4.78, 5) is 3.90. The molecule has 0 aliphatic carbocycles. The highest BCUT2D eigenvalue weighted by Crippen LogP contribution is 2.26. The predicted molar refractivity (Wildman–Crippen MR) is 80.6 cm³/mol. The maximum absolute atomic E-state index is 12.6. The van der Waals surface area contributed by atoms with Gasteiger partial charge in [0, 0.05) is 13.2 Å². The van der Waals surface area contributed by atoms with Crippen molar-refractivity contribution in [1.29, 1.82) is 0 Å². The predicted octanol–water partition coefficient (Wildman–Crippen LogP) is 1.20. The van der Waals surface area contributed by atoms with Gasteiger partial charge in [-0.3, -0.25) is 10.1 Å². The Morgan fingerprint density at radius 2 is 1.90 bits per heavy atom. The number of nitrogens with zero attached hydrogens (tertiary/aromatic N) is 2. The van der Waals surface area contributed by atoms with Crippen molar-refractivity contribution < 1.29 is 13.2 Å². The highest BCUT2D eigenvalue weighted by Gasteiger charge is 2.25. The number of nitrogen functional groups attached to an aromatic ring is 1. The summed E-state index contributed by atoms with van der Waals surface area (Å²) in [6.45, 7) is 0. The fourth-order valence-electron chi connectivity index (χ4n) is 1.77. The second-order valence-corrected chi connectivity index (χ2v) is 6.06. The molecule has 0 atom stereocenters. The number of methoxy groups -OCH3 is 1. The summed E-state index contributed by atoms with van der Waals surface area (Å²) in [6, 6.07) is 9.80. The van der Waals surface area contributed by atoms with E-state index in [1.54, 1.807) is 43.5 Å². The van der Waals surface area contributed by atoms with E-state index in [4.69, 9.17) is 10.6 Å². The number of benzene rings is 1. The van der Waals surface area contributed by atoms with Crippen LogP contribution in [0, 0.1) is 0 Å². The molecule has 1 aromatic carbocycles. The highest BCUT2D eigenvalue weighted by molar-refractivity contribution is 7.92. The lowest BCUT2D eigenvalue weighted by Crippen LogP contribution is -2.28. The Kier molecular flexibility index (Phi) is 4.29. The van der Waals surface area contributed by atoms with Crippen LogP contribution in [0.4, 0.5) is 11.4 Å². The van der Waals surface area contributed by atoms with Crippen LogP contribution in [0.25, 0.3) is 0 Å². The van der Waals surface area contributed by atoms with E-state index in [0.29, 0.717) is 11.4 Å². The van der Waals surface area contributed by atoms with Gasteiger partial charge in [0.25, 0.3) is 10.0 Å². The van der Waals surface area contributed by atoms with Gasteiger partial charge in [0.15, 0.2) is 0 Å². The molecular weight excluding hydrogens is 292 g/mol. The van der Waals surface area contributed by atoms with Crippen molar-refractivity contribution in [1.82, 2.24) is 4.98 Å². The van der Waals surface area contributed by atoms with E-state index in [9.17, 15) is 8.42 Å². The number of ether oxygens (including phenoxy) is 1. The van der Waals surface area contributed by atoms with Crippen LogP contribution in [0.1, 0.15) is 0 Å². The van der Waals surface area contributed by atoms with Crippen molar-refractivity contribution in [2.24, 2.45) is 5.84 Å². The molecule has 0 spiro atoms. The van der Waals surface area contributed by atoms with Crippen LogP contribution in [0.2, 0.25) is 0 Å². The average molecular weight is 308 g/mol. The monoisotopic (exact) mass is 308 g/mol. The summed E-state index contributed by atoms with van der Waals surface area (Å²) >= 11 is 0. The number of hydrogen-bond acceptors (Lipinski definition) is 6. The zero-order valence-electron chi connectivity index (χ0n) is 11.6. The van der Waals surface area contributed by atoms with Gasteiger partial charge < -0.3 is 10.2 Å². The van der Waals surface area contributed by atoms with Crippen LogP contribution in [0.3, 0.4) is 0 Å². The number of hydrazine groups is 1. The second kappa shape index (κ2) is 5.98. The molecule has 1 heterocycles. The van der Waals surface area contributed by atoms with E-state index in [1.807, 2.05) is 0 Å². The van der Waals surface area contributed by atoms with Gasteiger partial charge in [0.2, 0.25) is 5.03 Å². The average Bonchev–Trinajstić information content (AvgIpc) is 2.54. The van der Waals surface area contributed by atoms with E-state index in [-0.39, 0.29) is 10.7 Å². The normalized spacial score (nSPS) is 11.0. The van der Waals surface area contributed by atoms with E-state index < -0.39 is 10.0 Å². The highest BCUT2D eigenvalue weighted by atomic mass is 32.2. The van der Waals surface area contributed by atoms with E-state index in [1.165, 1.54) is 13.2 Å². The fourth-order valence-corrected chi connectivity index (χ4v) is 3.02. The third-order valence-electron chi connectivity index (χ3n) is 2.97. The summed E-state index contributed by atoms with van der Waals surface area (Å²) in [5, 5.41) is -0.134. The van der Waals surface area contributed by atoms with Gasteiger partial charge in [0.1, 0.15) is 5.75 Å². The first-order valence-electron chi connectivity index (χ1n) is 6.05. The molecule has 2 rings (SSSR count). The number of rotatable bonds is 5. The maximum atomic E-state index is 12.6. The summed E-state index contributed by atoms with van der Waals surface area (Å²) in [7, 11) is -0.821. The molecule has 3 N–H and O–H groups in total. The Morgan fingerprint density at radius 1 is 1.24 bits per heavy atom. The van der Waals surface area contributed by atoms with Crippen molar-refractivity contribution in [3.05, 3.63) is 42.6 Å². The molecule has 0 aliphatic heterocycles. The van der Waals surface area contributed by atoms with Gasteiger partial charge in [-0.05, 0) is 36.4 Å². The standard InChI is InChI=1S/C13H16N4O3S/c1-17(10-5-7-11(20-2)8-6-10)21(18,19)13-12(16-14)4-3-9-15-13/h3-9,16H,14H2,1-2H3. The number of aromatic nitrogens is 1. The largest absolute Gasteiger partial charge is 0.497 e. The van der Waals surface area contributed by atoms with E-state index >= 15 is 0 Å². The summed E-state index contributed by atoms with van der Waals surface area (Å²) in [5.41, 5.74) is 3.06. The number of anilines is 2. The van der Waals surface area contributed by atoms with Crippen molar-refractivity contribution in [2.75, 3.05) is 23.9 Å². The van der Waals surface area contributed by atoms with E-state index in [0.717, 1.165) is 4.31 Å². The van der Waals surface area contributed by atoms with Gasteiger partial charge in [-0.25, -0.2) is 4.98 Å². The maximum Gasteiger partial charge on any atom is 0.283 e. The Morgan fingerprint density at radius 3 is 2.48 bits per heavy atom. The minimum absolute atomic E-state index is 0.134. The molecule has 0 saturated heterocycles. The molecule has 0 fully saturated rings. The zero-order chi connectivity index (χ0) is 15.5. The summed E-state index contributed by atoms with van der Waals surface area (Å²) in [5.74, 6) is 5.98. The molecule has 1 aromatic heterocycles. The quantitative estimate of drug-likeness (QED) is 0.636. The number of hydrogen-bond donors (Lipinski definition) is 2. The van der Waals surface area contributed by atoms with Crippen molar-refractivity contribution in [3.8, 4) is 5.75 Å². The molecule has 112 valence electrons. The summed E-state index contributed by atoms with van der Waals surface area (Å²) < 4.78 is 31.4. The molecule has 21 heavy (non-hydrogen) atoms. The van der Waals surface area contributed by atoms with Crippen molar-refractivity contribution >= 4 is 21.4 Å². The van der Waals surface area contributed by atoms with E-state index in [2.05, 4.69) is 10.4 Å². The molecule has 8 heteroatoms. The SMILES string of the molecule is COc1ccc(N(C)S(=O)(=O)c2ncccc2NN)cc1. The zero-order valence-corrected chi connectivity index (χ0v) is 12.5. The van der Waals surface area contributed by atoms with Crippen LogP contribution < -0.4 is 20.3 Å². The van der Waals surface area contributed by atoms with Crippen molar-refractivity contribution in [3.63, 3.8) is 0 Å². The van der Waals surface area contributed by atoms with Gasteiger partial charge >= 0.3 is 0 Å². The van der Waals surface area contributed by atoms with Gasteiger partial charge in [0.05, 0.1) is 18.5 Å². The Hall–Kier alpha value is -2.32. The Labute approximate surface area is 123 Å². The summed E-state index contributed by atoms with van der Waals surface area (Å²) in [6.07, 6.45) is 1.40. The number of nitrogens with one attached hydrogen (secondary N) is 1. The van der Waals surface area contributed by atoms with Crippen LogP contribution in [-0.4, -0.2) is 27.6 Å². The third kappa shape index (κ3) is 2.91. The second-order valence-electron chi connectivity index (χ2n) is 4.17. The minimum Gasteiger partial charge on any atom is -0.497 e. The van der Waals surface area contributed by atoms with Crippen LogP contribution in [-0.2, 0) is 10.0 Å². The molecule has 0 amide bonds. The van der Waals surface area contributed by atoms with Gasteiger partial charge in [-0.1, -0.05) is 0 Å². The third-order valence-corrected chi connectivity index (χ3v) is 4.71. The molecule has 2 aromatic rings. The van der Waals surface area contributed by atoms with Gasteiger partial charge in [-0.15, -0.1) is 0 Å². The molecule has 0 bridgehead atoms. The lowest BCUT2D eigenvalue weighted by molar-refractivity contribution is 0.415. The lowest BCUT2D eigenvalue weighted by atomic mass is 10.3. The van der Waals surface area contributed by atoms with Crippen LogP contribution in [0.15, 0.2) is 47.6 Å². The Balaban J connectivity index is 2.42. The molecule has 7 nitrogen and oxygen atoms in total. The first kappa shape index (κ1) is 15.1. The minimum atomic E-state index is -3.82. The van der Waals surface area contributed by atoms with Crippen molar-refractivity contribution in [2.45, 2.75) is 5.03 Å². The number of sulfonamides is 1. The Bertz CT molecular complexity index is 716. The molecule has 0 radical (unpaired) electrons. The van der Waals surface area contributed by atoms with Gasteiger partial charge in [-0.2, -0.15) is 8.42 Å². The molecule has 0 saturated carbocycles. The first-order valence-corrected chi connectivity index (χ1v) is 7.49. The fraction of sp³-hybridized carbons (Fsp3) is 0.154. The van der Waals surface area contributed by atoms with Crippen LogP contribution in [0.5, 0.6) is 5.75 Å². The molecule has 0 unspecified atom stereocenters. The smallest absolute Gasteiger partial charge is 0.283 e. The molecular formula is C13H16N4O3S. The topological polar surface area (TPSA) is 97.5 Å². The first-order chi connectivity index (χ1) is 10.0. The lowest BCUT2D eigenvalue weighted by Gasteiger charge is -2.20. The van der Waals surface area contributed by atoms with Crippen LogP contribution >= 0.6 is 0 Å². The number of nitrogens with two attached hydrogens (primary N) is 1. The number of pyridine rings is 1. The molecule has 0 aliphatic rings.